The molecule has 0 fully saturated rings. The van der Waals surface area contributed by atoms with Crippen molar-refractivity contribution < 1.29 is 8.83 Å². The van der Waals surface area contributed by atoms with Crippen molar-refractivity contribution in [3.63, 3.8) is 0 Å². The van der Waals surface area contributed by atoms with Gasteiger partial charge < -0.3 is 8.83 Å². The molecule has 0 bridgehead atoms. The topological polar surface area (TPSA) is 65.0 Å². The highest BCUT2D eigenvalue weighted by Crippen LogP contribution is 2.46. The Balaban J connectivity index is 1.43. The number of hydrogen-bond acceptors (Lipinski definition) is 5. The van der Waals surface area contributed by atoms with E-state index in [1.165, 1.54) is 0 Å². The molecule has 3 heterocycles. The van der Waals surface area contributed by atoms with Crippen LogP contribution < -0.4 is 0 Å². The maximum absolute atomic E-state index is 6.70. The summed E-state index contributed by atoms with van der Waals surface area (Å²) in [4.78, 5) is 15.0. The molecule has 0 aliphatic heterocycles. The van der Waals surface area contributed by atoms with Crippen LogP contribution in [0.1, 0.15) is 0 Å². The van der Waals surface area contributed by atoms with E-state index in [-0.39, 0.29) is 0 Å². The lowest BCUT2D eigenvalue weighted by Crippen LogP contribution is -2.00. The molecule has 0 aliphatic rings. The second kappa shape index (κ2) is 8.85. The molecule has 5 nitrogen and oxygen atoms in total. The lowest BCUT2D eigenvalue weighted by Gasteiger charge is -2.09. The minimum absolute atomic E-state index is 0.595. The Morgan fingerprint density at radius 3 is 1.62 bits per heavy atom. The first-order valence-corrected chi connectivity index (χ1v) is 13.9. The normalized spacial score (nSPS) is 11.8. The van der Waals surface area contributed by atoms with Crippen molar-refractivity contribution in [2.45, 2.75) is 0 Å². The first-order valence-electron chi connectivity index (χ1n) is 13.9. The predicted molar refractivity (Wildman–Crippen MR) is 168 cm³/mol. The summed E-state index contributed by atoms with van der Waals surface area (Å²) in [6.45, 7) is 0. The molecule has 3 aromatic heterocycles. The lowest BCUT2D eigenvalue weighted by molar-refractivity contribution is 0.665. The molecular formula is C37H21N3O2. The Morgan fingerprint density at radius 2 is 0.905 bits per heavy atom. The van der Waals surface area contributed by atoms with Crippen molar-refractivity contribution >= 4 is 54.6 Å². The van der Waals surface area contributed by atoms with Crippen LogP contribution in [0.5, 0.6) is 0 Å². The molecule has 0 saturated heterocycles. The van der Waals surface area contributed by atoms with Crippen LogP contribution in [0.4, 0.5) is 0 Å². The van der Waals surface area contributed by atoms with E-state index >= 15 is 0 Å². The maximum Gasteiger partial charge on any atom is 0.164 e. The van der Waals surface area contributed by atoms with E-state index in [1.54, 1.807) is 0 Å². The third-order valence-electron chi connectivity index (χ3n) is 7.92. The van der Waals surface area contributed by atoms with Gasteiger partial charge in [0.2, 0.25) is 0 Å². The molecule has 5 heteroatoms. The van der Waals surface area contributed by atoms with Gasteiger partial charge in [0.25, 0.3) is 0 Å². The van der Waals surface area contributed by atoms with Gasteiger partial charge in [-0.15, -0.1) is 0 Å². The molecule has 9 rings (SSSR count). The second-order valence-electron chi connectivity index (χ2n) is 10.4. The van der Waals surface area contributed by atoms with Crippen molar-refractivity contribution in [1.82, 2.24) is 15.0 Å². The molecule has 0 aliphatic carbocycles. The standard InChI is InChI=1S/C37H21N3O2/c1-3-12-22(13-4-1)35-38-36(23-14-5-2-6-15-23)40-37(39-35)27-19-11-21-29-30(27)31-24-16-7-8-17-25(24)33-32(34(31)42-29)26-18-9-10-20-28(26)41-33/h1-21H. The average molecular weight is 540 g/mol. The summed E-state index contributed by atoms with van der Waals surface area (Å²) >= 11 is 0. The molecule has 6 aromatic carbocycles. The molecule has 42 heavy (non-hydrogen) atoms. The number of nitrogens with zero attached hydrogens (tertiary/aromatic N) is 3. The van der Waals surface area contributed by atoms with Crippen molar-refractivity contribution in [2.75, 3.05) is 0 Å². The Labute approximate surface area is 239 Å². The van der Waals surface area contributed by atoms with Gasteiger partial charge in [0, 0.05) is 38.2 Å². The van der Waals surface area contributed by atoms with Crippen LogP contribution in [0.15, 0.2) is 136 Å². The zero-order chi connectivity index (χ0) is 27.6. The lowest BCUT2D eigenvalue weighted by atomic mass is 9.97. The molecule has 0 atom stereocenters. The smallest absolute Gasteiger partial charge is 0.164 e. The summed E-state index contributed by atoms with van der Waals surface area (Å²) < 4.78 is 13.1. The number of fused-ring (bicyclic) bond motifs is 10. The zero-order valence-corrected chi connectivity index (χ0v) is 22.3. The highest BCUT2D eigenvalue weighted by atomic mass is 16.3. The average Bonchev–Trinajstić information content (AvgIpc) is 3.65. The Bertz CT molecular complexity index is 2400. The molecule has 0 N–H and O–H groups in total. The van der Waals surface area contributed by atoms with Crippen LogP contribution >= 0.6 is 0 Å². The molecule has 0 saturated carbocycles. The first-order chi connectivity index (χ1) is 20.8. The van der Waals surface area contributed by atoms with Gasteiger partial charge in [-0.1, -0.05) is 115 Å². The van der Waals surface area contributed by atoms with E-state index in [0.717, 1.165) is 71.3 Å². The molecule has 0 amide bonds. The van der Waals surface area contributed by atoms with Crippen LogP contribution in [0.3, 0.4) is 0 Å². The highest BCUT2D eigenvalue weighted by Gasteiger charge is 2.23. The van der Waals surface area contributed by atoms with E-state index < -0.39 is 0 Å². The summed E-state index contributed by atoms with van der Waals surface area (Å²) in [5.74, 6) is 1.84. The van der Waals surface area contributed by atoms with Crippen molar-refractivity contribution in [1.29, 1.82) is 0 Å². The first kappa shape index (κ1) is 22.9. The SMILES string of the molecule is c1ccc(-c2nc(-c3ccccc3)nc(-c3cccc4oc5c6c7ccccc7oc6c6ccccc6c5c34)n2)cc1. The third kappa shape index (κ3) is 3.34. The summed E-state index contributed by atoms with van der Waals surface area (Å²) in [5.41, 5.74) is 5.99. The van der Waals surface area contributed by atoms with Crippen molar-refractivity contribution in [3.8, 4) is 34.2 Å². The maximum atomic E-state index is 6.70. The van der Waals surface area contributed by atoms with Crippen LogP contribution in [-0.4, -0.2) is 15.0 Å². The molecule has 0 spiro atoms. The van der Waals surface area contributed by atoms with Gasteiger partial charge in [0.1, 0.15) is 22.3 Å². The van der Waals surface area contributed by atoms with E-state index in [2.05, 4.69) is 30.3 Å². The summed E-state index contributed by atoms with van der Waals surface area (Å²) in [6, 6.07) is 42.6. The van der Waals surface area contributed by atoms with Crippen molar-refractivity contribution in [3.05, 3.63) is 127 Å². The van der Waals surface area contributed by atoms with Crippen LogP contribution in [0.25, 0.3) is 88.8 Å². The number of aromatic nitrogens is 3. The fourth-order valence-corrected chi connectivity index (χ4v) is 6.06. The number of hydrogen-bond donors (Lipinski definition) is 0. The molecule has 0 radical (unpaired) electrons. The van der Waals surface area contributed by atoms with Gasteiger partial charge in [0.15, 0.2) is 17.5 Å². The van der Waals surface area contributed by atoms with Crippen LogP contribution in [-0.2, 0) is 0 Å². The number of para-hydroxylation sites is 1. The largest absolute Gasteiger partial charge is 0.455 e. The number of rotatable bonds is 3. The van der Waals surface area contributed by atoms with Crippen molar-refractivity contribution in [2.24, 2.45) is 0 Å². The minimum atomic E-state index is 0.595. The third-order valence-corrected chi connectivity index (χ3v) is 7.92. The van der Waals surface area contributed by atoms with Gasteiger partial charge in [-0.25, -0.2) is 15.0 Å². The van der Waals surface area contributed by atoms with E-state index in [9.17, 15) is 0 Å². The summed E-state index contributed by atoms with van der Waals surface area (Å²) in [5, 5.41) is 6.11. The highest BCUT2D eigenvalue weighted by molar-refractivity contribution is 6.34. The Morgan fingerprint density at radius 1 is 0.357 bits per heavy atom. The fourth-order valence-electron chi connectivity index (χ4n) is 6.06. The van der Waals surface area contributed by atoms with Gasteiger partial charge in [0.05, 0.1) is 5.39 Å². The molecule has 196 valence electrons. The monoisotopic (exact) mass is 539 g/mol. The van der Waals surface area contributed by atoms with Gasteiger partial charge in [-0.05, 0) is 17.5 Å². The van der Waals surface area contributed by atoms with Crippen LogP contribution in [0.2, 0.25) is 0 Å². The van der Waals surface area contributed by atoms with Gasteiger partial charge in [-0.2, -0.15) is 0 Å². The molecular weight excluding hydrogens is 518 g/mol. The summed E-state index contributed by atoms with van der Waals surface area (Å²) in [6.07, 6.45) is 0. The number of furan rings is 2. The van der Waals surface area contributed by atoms with E-state index in [0.29, 0.717) is 17.5 Å². The number of benzene rings is 6. The Hall–Kier alpha value is -5.81. The zero-order valence-electron chi connectivity index (χ0n) is 22.3. The Kier molecular flexibility index (Phi) is 4.83. The summed E-state index contributed by atoms with van der Waals surface area (Å²) in [7, 11) is 0. The minimum Gasteiger partial charge on any atom is -0.455 e. The quantitative estimate of drug-likeness (QED) is 0.224. The van der Waals surface area contributed by atoms with E-state index in [4.69, 9.17) is 23.8 Å². The second-order valence-corrected chi connectivity index (χ2v) is 10.4. The van der Waals surface area contributed by atoms with E-state index in [1.807, 2.05) is 97.1 Å². The van der Waals surface area contributed by atoms with Gasteiger partial charge >= 0.3 is 0 Å². The molecule has 9 aromatic rings. The predicted octanol–water partition coefficient (Wildman–Crippen LogP) is 9.82. The molecule has 0 unspecified atom stereocenters. The fraction of sp³-hybridized carbons (Fsp3) is 0. The van der Waals surface area contributed by atoms with Gasteiger partial charge in [-0.3, -0.25) is 0 Å². The van der Waals surface area contributed by atoms with Crippen LogP contribution in [0, 0.1) is 0 Å².